The topological polar surface area (TPSA) is 80.0 Å². The average molecular weight is 284 g/mol. The number of anilines is 2. The van der Waals surface area contributed by atoms with Crippen LogP contribution < -0.4 is 16.4 Å². The molecule has 0 fully saturated rings. The van der Waals surface area contributed by atoms with Crippen molar-refractivity contribution in [3.63, 3.8) is 0 Å². The summed E-state index contributed by atoms with van der Waals surface area (Å²) in [5.41, 5.74) is 7.29. The van der Waals surface area contributed by atoms with Crippen molar-refractivity contribution in [3.8, 4) is 0 Å². The number of pyridine rings is 1. The maximum absolute atomic E-state index is 11.4. The van der Waals surface area contributed by atoms with E-state index in [9.17, 15) is 4.79 Å². The molecule has 5 heteroatoms. The summed E-state index contributed by atoms with van der Waals surface area (Å²) in [5, 5.41) is 6.00. The number of carbonyl (C=O) groups is 1. The molecule has 1 heterocycles. The Morgan fingerprint density at radius 2 is 1.95 bits per heavy atom. The summed E-state index contributed by atoms with van der Waals surface area (Å²) in [6.07, 6.45) is 2.90. The number of hydrogen-bond donors (Lipinski definition) is 3. The van der Waals surface area contributed by atoms with Crippen LogP contribution in [0, 0.1) is 0 Å². The molecular weight excluding hydrogens is 264 g/mol. The Morgan fingerprint density at radius 1 is 1.14 bits per heavy atom. The Bertz CT molecular complexity index is 554. The van der Waals surface area contributed by atoms with E-state index in [1.807, 2.05) is 30.3 Å². The zero-order chi connectivity index (χ0) is 14.9. The lowest BCUT2D eigenvalue weighted by atomic mass is 10.1. The third-order valence-corrected chi connectivity index (χ3v) is 2.98. The number of carbonyl (C=O) groups excluding carboxylic acids is 1. The minimum absolute atomic E-state index is 0.0934. The quantitative estimate of drug-likeness (QED) is 0.726. The van der Waals surface area contributed by atoms with Crippen LogP contribution in [0.4, 0.5) is 11.5 Å². The first-order chi connectivity index (χ1) is 10.3. The average Bonchev–Trinajstić information content (AvgIpc) is 2.50. The van der Waals surface area contributed by atoms with Gasteiger partial charge in [-0.3, -0.25) is 4.79 Å². The van der Waals surface area contributed by atoms with Crippen LogP contribution in [0.1, 0.15) is 12.0 Å². The van der Waals surface area contributed by atoms with Crippen LogP contribution in [-0.4, -0.2) is 24.0 Å². The Morgan fingerprint density at radius 3 is 2.62 bits per heavy atom. The van der Waals surface area contributed by atoms with Crippen molar-refractivity contribution < 1.29 is 4.79 Å². The van der Waals surface area contributed by atoms with E-state index in [2.05, 4.69) is 27.8 Å². The molecule has 2 aromatic rings. The zero-order valence-electron chi connectivity index (χ0n) is 11.9. The third kappa shape index (κ3) is 5.24. The van der Waals surface area contributed by atoms with Crippen molar-refractivity contribution in [1.29, 1.82) is 0 Å². The second-order valence-electron chi connectivity index (χ2n) is 4.68. The lowest BCUT2D eigenvalue weighted by Gasteiger charge is -2.07. The third-order valence-electron chi connectivity index (χ3n) is 2.98. The normalized spacial score (nSPS) is 10.1. The van der Waals surface area contributed by atoms with E-state index in [0.29, 0.717) is 18.7 Å². The molecule has 2 rings (SSSR count). The summed E-state index contributed by atoms with van der Waals surface area (Å²) in [6.45, 7) is 1.16. The van der Waals surface area contributed by atoms with E-state index in [-0.39, 0.29) is 5.91 Å². The predicted octanol–water partition coefficient (Wildman–Crippen LogP) is 2.02. The van der Waals surface area contributed by atoms with Gasteiger partial charge in [-0.2, -0.15) is 0 Å². The van der Waals surface area contributed by atoms with E-state index < -0.39 is 0 Å². The van der Waals surface area contributed by atoms with Crippen molar-refractivity contribution in [1.82, 2.24) is 4.98 Å². The molecule has 1 aromatic heterocycles. The first-order valence-electron chi connectivity index (χ1n) is 7.01. The van der Waals surface area contributed by atoms with Gasteiger partial charge in [0.15, 0.2) is 0 Å². The van der Waals surface area contributed by atoms with Gasteiger partial charge >= 0.3 is 0 Å². The Kier molecular flexibility index (Phi) is 5.72. The van der Waals surface area contributed by atoms with Crippen LogP contribution in [-0.2, 0) is 11.2 Å². The molecule has 0 atom stereocenters. The highest BCUT2D eigenvalue weighted by Gasteiger charge is 2.01. The number of nitrogens with two attached hydrogens (primary N) is 1. The molecule has 0 saturated carbocycles. The van der Waals surface area contributed by atoms with Gasteiger partial charge in [-0.05, 0) is 24.1 Å². The number of hydrogen-bond acceptors (Lipinski definition) is 4. The maximum atomic E-state index is 11.4. The molecule has 21 heavy (non-hydrogen) atoms. The first-order valence-corrected chi connectivity index (χ1v) is 7.01. The van der Waals surface area contributed by atoms with Crippen LogP contribution in [0.5, 0.6) is 0 Å². The largest absolute Gasteiger partial charge is 0.370 e. The van der Waals surface area contributed by atoms with Crippen LogP contribution in [0.2, 0.25) is 0 Å². The SMILES string of the molecule is NCCC(=O)Nc1ccc(NCCc2ccccc2)nc1. The number of rotatable bonds is 7. The van der Waals surface area contributed by atoms with Gasteiger partial charge in [-0.15, -0.1) is 0 Å². The Balaban J connectivity index is 1.78. The van der Waals surface area contributed by atoms with E-state index in [1.165, 1.54) is 5.56 Å². The highest BCUT2D eigenvalue weighted by atomic mass is 16.1. The molecule has 110 valence electrons. The lowest BCUT2D eigenvalue weighted by molar-refractivity contribution is -0.116. The van der Waals surface area contributed by atoms with Crippen LogP contribution in [0.25, 0.3) is 0 Å². The molecule has 0 unspecified atom stereocenters. The zero-order valence-corrected chi connectivity index (χ0v) is 11.9. The Labute approximate surface area is 124 Å². The van der Waals surface area contributed by atoms with Crippen LogP contribution in [0.15, 0.2) is 48.7 Å². The summed E-state index contributed by atoms with van der Waals surface area (Å²) < 4.78 is 0. The maximum Gasteiger partial charge on any atom is 0.225 e. The van der Waals surface area contributed by atoms with Gasteiger partial charge in [0, 0.05) is 19.5 Å². The molecule has 5 nitrogen and oxygen atoms in total. The van der Waals surface area contributed by atoms with Crippen molar-refractivity contribution in [3.05, 3.63) is 54.2 Å². The molecule has 0 spiro atoms. The van der Waals surface area contributed by atoms with Crippen molar-refractivity contribution >= 4 is 17.4 Å². The standard InChI is InChI=1S/C16H20N4O/c17-10-8-16(21)20-14-6-7-15(19-12-14)18-11-9-13-4-2-1-3-5-13/h1-7,12H,8-11,17H2,(H,18,19)(H,20,21). The minimum atomic E-state index is -0.0934. The molecule has 0 saturated heterocycles. The number of nitrogens with zero attached hydrogens (tertiary/aromatic N) is 1. The molecule has 4 N–H and O–H groups in total. The number of nitrogens with one attached hydrogen (secondary N) is 2. The van der Waals surface area contributed by atoms with Gasteiger partial charge in [0.05, 0.1) is 11.9 Å². The van der Waals surface area contributed by atoms with E-state index in [0.717, 1.165) is 18.8 Å². The summed E-state index contributed by atoms with van der Waals surface area (Å²) in [7, 11) is 0. The fourth-order valence-corrected chi connectivity index (χ4v) is 1.91. The van der Waals surface area contributed by atoms with E-state index in [1.54, 1.807) is 6.20 Å². The molecular formula is C16H20N4O. The van der Waals surface area contributed by atoms with Gasteiger partial charge in [0.25, 0.3) is 0 Å². The lowest BCUT2D eigenvalue weighted by Crippen LogP contribution is -2.16. The summed E-state index contributed by atoms with van der Waals surface area (Å²) in [6, 6.07) is 14.0. The molecule has 0 radical (unpaired) electrons. The minimum Gasteiger partial charge on any atom is -0.370 e. The number of amides is 1. The molecule has 1 aromatic carbocycles. The second-order valence-corrected chi connectivity index (χ2v) is 4.68. The van der Waals surface area contributed by atoms with E-state index >= 15 is 0 Å². The van der Waals surface area contributed by atoms with Gasteiger partial charge in [0.1, 0.15) is 5.82 Å². The summed E-state index contributed by atoms with van der Waals surface area (Å²) in [5.74, 6) is 0.701. The highest BCUT2D eigenvalue weighted by Crippen LogP contribution is 2.10. The molecule has 1 amide bonds. The predicted molar refractivity (Wildman–Crippen MR) is 85.2 cm³/mol. The Hall–Kier alpha value is -2.40. The number of benzene rings is 1. The van der Waals surface area contributed by atoms with Crippen molar-refractivity contribution in [2.75, 3.05) is 23.7 Å². The summed E-state index contributed by atoms with van der Waals surface area (Å²) in [4.78, 5) is 15.7. The number of aromatic nitrogens is 1. The molecule has 0 aliphatic heterocycles. The first kappa shape index (κ1) is 15.0. The smallest absolute Gasteiger partial charge is 0.225 e. The van der Waals surface area contributed by atoms with Gasteiger partial charge < -0.3 is 16.4 Å². The highest BCUT2D eigenvalue weighted by molar-refractivity contribution is 5.90. The fourth-order valence-electron chi connectivity index (χ4n) is 1.91. The molecule has 0 bridgehead atoms. The monoisotopic (exact) mass is 284 g/mol. The second kappa shape index (κ2) is 8.01. The van der Waals surface area contributed by atoms with Crippen molar-refractivity contribution in [2.45, 2.75) is 12.8 Å². The van der Waals surface area contributed by atoms with Crippen LogP contribution >= 0.6 is 0 Å². The van der Waals surface area contributed by atoms with E-state index in [4.69, 9.17) is 5.73 Å². The van der Waals surface area contributed by atoms with Crippen molar-refractivity contribution in [2.24, 2.45) is 5.73 Å². The van der Waals surface area contributed by atoms with Gasteiger partial charge in [-0.25, -0.2) is 4.98 Å². The van der Waals surface area contributed by atoms with Gasteiger partial charge in [0.2, 0.25) is 5.91 Å². The molecule has 0 aliphatic rings. The van der Waals surface area contributed by atoms with Gasteiger partial charge in [-0.1, -0.05) is 30.3 Å². The summed E-state index contributed by atoms with van der Waals surface area (Å²) >= 11 is 0. The van der Waals surface area contributed by atoms with Crippen LogP contribution in [0.3, 0.4) is 0 Å². The fraction of sp³-hybridized carbons (Fsp3) is 0.250. The molecule has 0 aliphatic carbocycles.